The van der Waals surface area contributed by atoms with Crippen LogP contribution in [0.1, 0.15) is 69.3 Å². The molecular formula is C25H27ClF3N7O2S. The van der Waals surface area contributed by atoms with Crippen molar-refractivity contribution < 1.29 is 22.8 Å². The van der Waals surface area contributed by atoms with Gasteiger partial charge in [-0.05, 0) is 38.9 Å². The topological polar surface area (TPSA) is 113 Å². The molecule has 1 unspecified atom stereocenters. The molecular weight excluding hydrogens is 555 g/mol. The molecule has 1 amide bonds. The Kier molecular flexibility index (Phi) is 9.13. The Bertz CT molecular complexity index is 1340. The van der Waals surface area contributed by atoms with Crippen LogP contribution in [0.2, 0.25) is 5.02 Å². The van der Waals surface area contributed by atoms with Crippen molar-refractivity contribution in [2.45, 2.75) is 50.7 Å². The third kappa shape index (κ3) is 7.49. The maximum absolute atomic E-state index is 13.1. The normalized spacial score (nSPS) is 16.7. The first-order valence-electron chi connectivity index (χ1n) is 12.3. The van der Waals surface area contributed by atoms with Crippen molar-refractivity contribution >= 4 is 46.3 Å². The number of halogens is 4. The second kappa shape index (κ2) is 12.3. The van der Waals surface area contributed by atoms with Gasteiger partial charge in [-0.15, -0.1) is 11.3 Å². The molecule has 4 heterocycles. The van der Waals surface area contributed by atoms with Gasteiger partial charge in [-0.2, -0.15) is 13.2 Å². The maximum atomic E-state index is 13.1. The molecule has 0 radical (unpaired) electrons. The molecule has 9 nitrogen and oxygen atoms in total. The first-order chi connectivity index (χ1) is 18.5. The average Bonchev–Trinajstić information content (AvgIpc) is 3.54. The van der Waals surface area contributed by atoms with Crippen molar-refractivity contribution in [3.63, 3.8) is 0 Å². The van der Waals surface area contributed by atoms with Crippen LogP contribution in [0.4, 0.5) is 24.8 Å². The van der Waals surface area contributed by atoms with Crippen LogP contribution >= 0.6 is 22.9 Å². The number of ketones is 1. The van der Waals surface area contributed by atoms with E-state index >= 15 is 0 Å². The largest absolute Gasteiger partial charge is 0.418 e. The molecule has 2 N–H and O–H groups in total. The van der Waals surface area contributed by atoms with E-state index in [4.69, 9.17) is 11.6 Å². The fraction of sp³-hybridized carbons (Fsp3) is 0.440. The first kappa shape index (κ1) is 28.8. The average molecular weight is 582 g/mol. The molecule has 4 rings (SSSR count). The predicted octanol–water partition coefficient (Wildman–Crippen LogP) is 5.53. The van der Waals surface area contributed by atoms with Crippen LogP contribution in [-0.4, -0.2) is 62.7 Å². The summed E-state index contributed by atoms with van der Waals surface area (Å²) >= 11 is 6.62. The number of Topliss-reactive ketones (excluding diaryl/α,β-unsaturated/α-hetero) is 1. The van der Waals surface area contributed by atoms with E-state index in [0.29, 0.717) is 22.9 Å². The molecule has 14 heteroatoms. The summed E-state index contributed by atoms with van der Waals surface area (Å²) in [6.45, 7) is 3.65. The molecule has 208 valence electrons. The predicted molar refractivity (Wildman–Crippen MR) is 142 cm³/mol. The summed E-state index contributed by atoms with van der Waals surface area (Å²) in [4.78, 5) is 44.3. The van der Waals surface area contributed by atoms with E-state index in [1.807, 2.05) is 0 Å². The summed E-state index contributed by atoms with van der Waals surface area (Å²) < 4.78 is 39.2. The Morgan fingerprint density at radius 3 is 2.69 bits per heavy atom. The number of thiazole rings is 1. The fourth-order valence-electron chi connectivity index (χ4n) is 4.31. The van der Waals surface area contributed by atoms with Crippen LogP contribution < -0.4 is 10.6 Å². The zero-order valence-corrected chi connectivity index (χ0v) is 22.8. The van der Waals surface area contributed by atoms with Crippen molar-refractivity contribution in [2.24, 2.45) is 0 Å². The van der Waals surface area contributed by atoms with Crippen molar-refractivity contribution in [1.29, 1.82) is 0 Å². The second-order valence-electron chi connectivity index (χ2n) is 9.37. The van der Waals surface area contributed by atoms with E-state index in [1.54, 1.807) is 13.0 Å². The molecule has 1 saturated heterocycles. The SMILES string of the molecule is C[C@@H](CC(=O)c1cc(NCCC2CCCN2C)ncn1)c1ncc(C(=O)Nc2cc(C(F)(F)F)c(Cl)cn2)s1. The van der Waals surface area contributed by atoms with E-state index in [0.717, 1.165) is 37.0 Å². The molecule has 1 aliphatic heterocycles. The lowest BCUT2D eigenvalue weighted by atomic mass is 10.0. The molecule has 0 spiro atoms. The standard InChI is InChI=1S/C25H27ClF3N7O2S/c1-14(8-19(37)18-10-21(34-13-33-18)30-6-5-15-4-3-7-36(15)2)24-32-12-20(39-24)23(38)35-22-9-16(25(27,28)29)17(26)11-31-22/h9-15H,3-8H2,1-2H3,(H,30,33,34)(H,31,35,38)/t14-,15?/m0/s1. The van der Waals surface area contributed by atoms with Crippen molar-refractivity contribution in [1.82, 2.24) is 24.8 Å². The van der Waals surface area contributed by atoms with Crippen molar-refractivity contribution in [3.05, 3.63) is 57.0 Å². The van der Waals surface area contributed by atoms with E-state index in [1.165, 1.54) is 25.4 Å². The van der Waals surface area contributed by atoms with Gasteiger partial charge in [0.1, 0.15) is 28.5 Å². The summed E-state index contributed by atoms with van der Waals surface area (Å²) in [5, 5.41) is 5.55. The minimum absolute atomic E-state index is 0.103. The molecule has 0 aromatic carbocycles. The van der Waals surface area contributed by atoms with E-state index < -0.39 is 22.7 Å². The Hall–Kier alpha value is -3.16. The number of aromatic nitrogens is 4. The number of alkyl halides is 3. The Morgan fingerprint density at radius 1 is 1.18 bits per heavy atom. The van der Waals surface area contributed by atoms with Gasteiger partial charge in [-0.1, -0.05) is 18.5 Å². The summed E-state index contributed by atoms with van der Waals surface area (Å²) in [6.07, 6.45) is 2.28. The zero-order valence-electron chi connectivity index (χ0n) is 21.3. The number of rotatable bonds is 10. The molecule has 3 aromatic rings. The third-order valence-electron chi connectivity index (χ3n) is 6.47. The quantitative estimate of drug-likeness (QED) is 0.301. The number of carbonyl (C=O) groups is 2. The van der Waals surface area contributed by atoms with E-state index in [-0.39, 0.29) is 34.5 Å². The molecule has 1 fully saturated rings. The molecule has 3 aromatic heterocycles. The molecule has 0 aliphatic carbocycles. The van der Waals surface area contributed by atoms with Gasteiger partial charge in [-0.25, -0.2) is 19.9 Å². The summed E-state index contributed by atoms with van der Waals surface area (Å²) in [6, 6.07) is 2.84. The lowest BCUT2D eigenvalue weighted by molar-refractivity contribution is -0.137. The van der Waals surface area contributed by atoms with Gasteiger partial charge in [0, 0.05) is 37.2 Å². The number of nitrogens with zero attached hydrogens (tertiary/aromatic N) is 5. The number of likely N-dealkylation sites (tertiary alicyclic amines) is 1. The Morgan fingerprint density at radius 2 is 1.97 bits per heavy atom. The third-order valence-corrected chi connectivity index (χ3v) is 8.00. The van der Waals surface area contributed by atoms with Gasteiger partial charge in [-0.3, -0.25) is 9.59 Å². The molecule has 0 saturated carbocycles. The molecule has 2 atom stereocenters. The highest BCUT2D eigenvalue weighted by molar-refractivity contribution is 7.13. The van der Waals surface area contributed by atoms with Crippen molar-refractivity contribution in [3.8, 4) is 0 Å². The van der Waals surface area contributed by atoms with Gasteiger partial charge in [0.2, 0.25) is 0 Å². The number of hydrogen-bond donors (Lipinski definition) is 2. The fourth-order valence-corrected chi connectivity index (χ4v) is 5.38. The van der Waals surface area contributed by atoms with Crippen LogP contribution in [0.5, 0.6) is 0 Å². The second-order valence-corrected chi connectivity index (χ2v) is 10.8. The highest BCUT2D eigenvalue weighted by Gasteiger charge is 2.34. The number of carbonyl (C=O) groups excluding carboxylic acids is 2. The number of anilines is 2. The lowest BCUT2D eigenvalue weighted by Crippen LogP contribution is -2.27. The summed E-state index contributed by atoms with van der Waals surface area (Å²) in [5.74, 6) is -0.901. The van der Waals surface area contributed by atoms with Crippen LogP contribution in [0, 0.1) is 0 Å². The minimum atomic E-state index is -4.69. The van der Waals surface area contributed by atoms with E-state index in [2.05, 4.69) is 42.5 Å². The number of nitrogens with one attached hydrogen (secondary N) is 2. The minimum Gasteiger partial charge on any atom is -0.370 e. The summed E-state index contributed by atoms with van der Waals surface area (Å²) in [7, 11) is 2.13. The maximum Gasteiger partial charge on any atom is 0.418 e. The first-order valence-corrected chi connectivity index (χ1v) is 13.5. The van der Waals surface area contributed by atoms with Crippen LogP contribution in [0.3, 0.4) is 0 Å². The van der Waals surface area contributed by atoms with Gasteiger partial charge in [0.15, 0.2) is 5.78 Å². The molecule has 39 heavy (non-hydrogen) atoms. The highest BCUT2D eigenvalue weighted by Crippen LogP contribution is 2.35. The van der Waals surface area contributed by atoms with Crippen LogP contribution in [-0.2, 0) is 6.18 Å². The summed E-state index contributed by atoms with van der Waals surface area (Å²) in [5.41, 5.74) is -0.822. The van der Waals surface area contributed by atoms with Gasteiger partial charge in [0.25, 0.3) is 5.91 Å². The zero-order chi connectivity index (χ0) is 28.2. The molecule has 0 bridgehead atoms. The molecule has 1 aliphatic rings. The van der Waals surface area contributed by atoms with Gasteiger partial charge in [0.05, 0.1) is 21.8 Å². The number of amides is 1. The van der Waals surface area contributed by atoms with Crippen LogP contribution in [0.15, 0.2) is 30.9 Å². The number of pyridine rings is 1. The Labute approximate surface area is 232 Å². The monoisotopic (exact) mass is 581 g/mol. The van der Waals surface area contributed by atoms with Gasteiger partial charge >= 0.3 is 6.18 Å². The van der Waals surface area contributed by atoms with Crippen molar-refractivity contribution in [2.75, 3.05) is 30.8 Å². The number of hydrogen-bond acceptors (Lipinski definition) is 9. The van der Waals surface area contributed by atoms with E-state index in [9.17, 15) is 22.8 Å². The van der Waals surface area contributed by atoms with Crippen LogP contribution in [0.25, 0.3) is 0 Å². The highest BCUT2D eigenvalue weighted by atomic mass is 35.5. The lowest BCUT2D eigenvalue weighted by Gasteiger charge is -2.19. The Balaban J connectivity index is 1.33. The smallest absolute Gasteiger partial charge is 0.370 e. The van der Waals surface area contributed by atoms with Gasteiger partial charge < -0.3 is 15.5 Å².